The summed E-state index contributed by atoms with van der Waals surface area (Å²) in [6.07, 6.45) is -0.140. The molecule has 0 bridgehead atoms. The number of anilines is 1. The van der Waals surface area contributed by atoms with Crippen LogP contribution in [0.15, 0.2) is 41.3 Å². The van der Waals surface area contributed by atoms with Crippen LogP contribution in [0.4, 0.5) is 5.13 Å². The van der Waals surface area contributed by atoms with E-state index in [0.717, 1.165) is 23.4 Å². The van der Waals surface area contributed by atoms with E-state index in [9.17, 15) is 13.2 Å². The summed E-state index contributed by atoms with van der Waals surface area (Å²) in [5.74, 6) is 0.669. The number of aryl methyl sites for hydroxylation is 1. The number of thiazole rings is 1. The lowest BCUT2D eigenvalue weighted by Gasteiger charge is -2.24. The molecule has 0 radical (unpaired) electrons. The smallest absolute Gasteiger partial charge is 0.229 e. The number of hydrogen-bond donors (Lipinski definition) is 0. The standard InChI is InChI=1S/C25H33N3O5S2.ClH/c1-6-27(7-2)15-16-28(22(29)14-17-35(30,31)19-10-8-18(3)9-11-19)25-26-23-20(32-4)12-13-21(33-5)24(23)34-25;/h8-13H,6-7,14-17H2,1-5H3;1H. The van der Waals surface area contributed by atoms with Gasteiger partial charge in [-0.1, -0.05) is 42.9 Å². The molecule has 2 aromatic carbocycles. The molecule has 198 valence electrons. The first-order chi connectivity index (χ1) is 16.7. The van der Waals surface area contributed by atoms with Crippen LogP contribution in [0.25, 0.3) is 10.2 Å². The molecule has 0 aliphatic heterocycles. The molecule has 8 nitrogen and oxygen atoms in total. The van der Waals surface area contributed by atoms with Gasteiger partial charge >= 0.3 is 0 Å². The number of likely N-dealkylation sites (N-methyl/N-ethyl adjacent to an activating group) is 1. The fraction of sp³-hybridized carbons (Fsp3) is 0.440. The molecule has 0 spiro atoms. The predicted molar refractivity (Wildman–Crippen MR) is 148 cm³/mol. The van der Waals surface area contributed by atoms with Gasteiger partial charge < -0.3 is 14.4 Å². The number of methoxy groups -OCH3 is 2. The summed E-state index contributed by atoms with van der Waals surface area (Å²) in [6.45, 7) is 8.77. The Morgan fingerprint density at radius 1 is 0.972 bits per heavy atom. The molecule has 11 heteroatoms. The summed E-state index contributed by atoms with van der Waals surface area (Å²) in [7, 11) is -0.437. The third-order valence-corrected chi connectivity index (χ3v) is 8.75. The topological polar surface area (TPSA) is 89.0 Å². The van der Waals surface area contributed by atoms with E-state index in [2.05, 4.69) is 18.7 Å². The SMILES string of the molecule is CCN(CC)CCN(C(=O)CCS(=O)(=O)c1ccc(C)cc1)c1nc2c(OC)ccc(OC)c2s1.Cl. The second kappa shape index (κ2) is 13.2. The fourth-order valence-electron chi connectivity index (χ4n) is 3.72. The monoisotopic (exact) mass is 555 g/mol. The molecule has 1 heterocycles. The van der Waals surface area contributed by atoms with E-state index in [4.69, 9.17) is 14.5 Å². The highest BCUT2D eigenvalue weighted by Crippen LogP contribution is 2.40. The summed E-state index contributed by atoms with van der Waals surface area (Å²) in [6, 6.07) is 10.3. The average Bonchev–Trinajstić information content (AvgIpc) is 3.30. The van der Waals surface area contributed by atoms with Gasteiger partial charge in [-0.15, -0.1) is 12.4 Å². The summed E-state index contributed by atoms with van der Waals surface area (Å²) < 4.78 is 37.4. The second-order valence-electron chi connectivity index (χ2n) is 8.10. The molecule has 0 saturated heterocycles. The van der Waals surface area contributed by atoms with Crippen LogP contribution >= 0.6 is 23.7 Å². The number of aromatic nitrogens is 1. The molecular formula is C25H34ClN3O5S2. The minimum Gasteiger partial charge on any atom is -0.495 e. The van der Waals surface area contributed by atoms with Gasteiger partial charge in [0.05, 0.1) is 24.9 Å². The minimum absolute atomic E-state index is 0. The van der Waals surface area contributed by atoms with Gasteiger partial charge in [0.2, 0.25) is 5.91 Å². The Morgan fingerprint density at radius 3 is 2.17 bits per heavy atom. The Hall–Kier alpha value is -2.40. The fourth-order valence-corrected chi connectivity index (χ4v) is 6.07. The van der Waals surface area contributed by atoms with Crippen LogP contribution in [0.3, 0.4) is 0 Å². The van der Waals surface area contributed by atoms with Crippen molar-refractivity contribution in [3.05, 3.63) is 42.0 Å². The minimum atomic E-state index is -3.59. The van der Waals surface area contributed by atoms with Gasteiger partial charge in [0.1, 0.15) is 21.7 Å². The van der Waals surface area contributed by atoms with Gasteiger partial charge in [0.15, 0.2) is 15.0 Å². The van der Waals surface area contributed by atoms with E-state index in [0.29, 0.717) is 35.2 Å². The van der Waals surface area contributed by atoms with Crippen molar-refractivity contribution >= 4 is 54.8 Å². The van der Waals surface area contributed by atoms with Gasteiger partial charge in [-0.05, 0) is 44.3 Å². The number of amides is 1. The summed E-state index contributed by atoms with van der Waals surface area (Å²) >= 11 is 1.33. The summed E-state index contributed by atoms with van der Waals surface area (Å²) in [5.41, 5.74) is 1.59. The van der Waals surface area contributed by atoms with Gasteiger partial charge in [-0.3, -0.25) is 9.69 Å². The molecule has 0 unspecified atom stereocenters. The van der Waals surface area contributed by atoms with E-state index >= 15 is 0 Å². The molecule has 36 heavy (non-hydrogen) atoms. The van der Waals surface area contributed by atoms with E-state index in [-0.39, 0.29) is 35.4 Å². The van der Waals surface area contributed by atoms with Crippen molar-refractivity contribution in [2.24, 2.45) is 0 Å². The molecule has 1 aromatic heterocycles. The van der Waals surface area contributed by atoms with Crippen molar-refractivity contribution in [1.82, 2.24) is 9.88 Å². The number of carbonyl (C=O) groups excluding carboxylic acids is 1. The number of halogens is 1. The number of ether oxygens (including phenoxy) is 2. The molecule has 3 rings (SSSR count). The van der Waals surface area contributed by atoms with Crippen molar-refractivity contribution in [2.75, 3.05) is 51.1 Å². The normalized spacial score (nSPS) is 11.4. The highest BCUT2D eigenvalue weighted by molar-refractivity contribution is 7.91. The third-order valence-electron chi connectivity index (χ3n) is 5.93. The van der Waals surface area contributed by atoms with Crippen LogP contribution in [0, 0.1) is 6.92 Å². The Labute approximate surface area is 223 Å². The number of hydrogen-bond acceptors (Lipinski definition) is 8. The lowest BCUT2D eigenvalue weighted by atomic mass is 10.2. The maximum absolute atomic E-state index is 13.4. The second-order valence-corrected chi connectivity index (χ2v) is 11.2. The van der Waals surface area contributed by atoms with E-state index in [1.165, 1.54) is 11.3 Å². The van der Waals surface area contributed by atoms with Gasteiger partial charge in [0.25, 0.3) is 0 Å². The third kappa shape index (κ3) is 6.88. The number of carbonyl (C=O) groups is 1. The molecule has 0 N–H and O–H groups in total. The van der Waals surface area contributed by atoms with Gasteiger partial charge in [-0.2, -0.15) is 0 Å². The molecule has 0 saturated carbocycles. The Kier molecular flexibility index (Phi) is 11.0. The lowest BCUT2D eigenvalue weighted by molar-refractivity contribution is -0.118. The van der Waals surface area contributed by atoms with Gasteiger partial charge in [0, 0.05) is 19.5 Å². The number of benzene rings is 2. The molecule has 0 fully saturated rings. The summed E-state index contributed by atoms with van der Waals surface area (Å²) in [5, 5.41) is 0.493. The first-order valence-electron chi connectivity index (χ1n) is 11.6. The maximum Gasteiger partial charge on any atom is 0.229 e. The Balaban J connectivity index is 0.00000456. The Bertz CT molecular complexity index is 1220. The molecule has 0 aliphatic carbocycles. The lowest BCUT2D eigenvalue weighted by Crippen LogP contribution is -2.39. The van der Waals surface area contributed by atoms with E-state index in [1.54, 1.807) is 55.5 Å². The quantitative estimate of drug-likeness (QED) is 0.323. The van der Waals surface area contributed by atoms with Crippen molar-refractivity contribution in [3.8, 4) is 11.5 Å². The van der Waals surface area contributed by atoms with Crippen LogP contribution in [0.2, 0.25) is 0 Å². The molecule has 0 atom stereocenters. The van der Waals surface area contributed by atoms with Crippen LogP contribution in [0.5, 0.6) is 11.5 Å². The average molecular weight is 556 g/mol. The van der Waals surface area contributed by atoms with Crippen molar-refractivity contribution in [3.63, 3.8) is 0 Å². The van der Waals surface area contributed by atoms with Crippen LogP contribution in [-0.4, -0.2) is 70.4 Å². The van der Waals surface area contributed by atoms with Crippen LogP contribution in [-0.2, 0) is 14.6 Å². The van der Waals surface area contributed by atoms with Crippen molar-refractivity contribution in [1.29, 1.82) is 0 Å². The highest BCUT2D eigenvalue weighted by atomic mass is 35.5. The predicted octanol–water partition coefficient (Wildman–Crippen LogP) is 4.58. The van der Waals surface area contributed by atoms with Gasteiger partial charge in [-0.25, -0.2) is 13.4 Å². The largest absolute Gasteiger partial charge is 0.495 e. The van der Waals surface area contributed by atoms with Crippen LogP contribution < -0.4 is 14.4 Å². The first-order valence-corrected chi connectivity index (χ1v) is 14.0. The zero-order valence-electron chi connectivity index (χ0n) is 21.3. The van der Waals surface area contributed by atoms with E-state index < -0.39 is 9.84 Å². The van der Waals surface area contributed by atoms with Crippen LogP contribution in [0.1, 0.15) is 25.8 Å². The molecule has 1 amide bonds. The molecular weight excluding hydrogens is 522 g/mol. The Morgan fingerprint density at radius 2 is 1.58 bits per heavy atom. The zero-order valence-corrected chi connectivity index (χ0v) is 23.8. The highest BCUT2D eigenvalue weighted by Gasteiger charge is 2.25. The van der Waals surface area contributed by atoms with E-state index in [1.807, 2.05) is 6.92 Å². The van der Waals surface area contributed by atoms with Crippen molar-refractivity contribution in [2.45, 2.75) is 32.1 Å². The first kappa shape index (κ1) is 29.8. The molecule has 3 aromatic rings. The zero-order chi connectivity index (χ0) is 25.6. The molecule has 0 aliphatic rings. The maximum atomic E-state index is 13.4. The number of sulfone groups is 1. The number of nitrogens with zero attached hydrogens (tertiary/aromatic N) is 3. The summed E-state index contributed by atoms with van der Waals surface area (Å²) in [4.78, 5) is 22.1. The van der Waals surface area contributed by atoms with Crippen molar-refractivity contribution < 1.29 is 22.7 Å². The number of fused-ring (bicyclic) bond motifs is 1. The number of rotatable bonds is 12.